The second kappa shape index (κ2) is 14.4. The number of hydrogen-bond donors (Lipinski definition) is 4. The normalized spacial score (nSPS) is 37.9. The van der Waals surface area contributed by atoms with Crippen molar-refractivity contribution in [3.05, 3.63) is 77.1 Å². The minimum Gasteiger partial charge on any atom is -0.393 e. The first-order valence-corrected chi connectivity index (χ1v) is 21.5. The van der Waals surface area contributed by atoms with Gasteiger partial charge in [-0.2, -0.15) is 0 Å². The fraction of sp³-hybridized carbons (Fsp3) is 0.652. The van der Waals surface area contributed by atoms with Crippen LogP contribution in [0.1, 0.15) is 127 Å². The van der Waals surface area contributed by atoms with Crippen molar-refractivity contribution < 1.29 is 19.1 Å². The fourth-order valence-corrected chi connectivity index (χ4v) is 14.2. The van der Waals surface area contributed by atoms with Gasteiger partial charge in [-0.1, -0.05) is 58.9 Å². The number of nitrogens with two attached hydrogens (primary N) is 1. The van der Waals surface area contributed by atoms with Gasteiger partial charge < -0.3 is 15.7 Å². The Morgan fingerprint density at radius 1 is 0.889 bits per heavy atom. The Morgan fingerprint density at radius 3 is 2.33 bits per heavy atom. The van der Waals surface area contributed by atoms with Crippen molar-refractivity contribution in [2.24, 2.45) is 61.8 Å². The highest BCUT2D eigenvalue weighted by molar-refractivity contribution is 7.97. The summed E-state index contributed by atoms with van der Waals surface area (Å²) in [5.74, 6) is 1.36. The standard InChI is InChI=1S/C46H64FN3O3S/c1-28(2)33-16-22-46(41(53)50-27-31-26-30(10-14-35(31)47)40(52)49-25-19-29-8-11-32(54-48)12-9-29)24-23-44(6)34(39(33)46)13-15-37-43(5)20-18-38(51)42(3,4)36(43)17-21-45(37,44)7/h8-12,14,26,33-34,36-39,51H,1,13,15-25,27,48H2,2-7H3,(H,49,52)(H,50,53). The van der Waals surface area contributed by atoms with Crippen LogP contribution >= 0.6 is 11.9 Å². The molecule has 2 aromatic carbocycles. The molecule has 294 valence electrons. The van der Waals surface area contributed by atoms with E-state index in [9.17, 15) is 14.7 Å². The minimum atomic E-state index is -0.512. The SMILES string of the molecule is C=C(C)C1CCC2(C(=O)NCc3cc(C(=O)NCCc4ccc(SN)cc4)ccc3F)CCC3(C)C(CCC4C5(C)CCC(O)C(C)(C)C5CCC43C)C12. The summed E-state index contributed by atoms with van der Waals surface area (Å²) < 4.78 is 15.3. The average molecular weight is 758 g/mol. The van der Waals surface area contributed by atoms with Gasteiger partial charge in [-0.05, 0) is 177 Å². The molecule has 5 saturated carbocycles. The first-order chi connectivity index (χ1) is 25.5. The smallest absolute Gasteiger partial charge is 0.251 e. The van der Waals surface area contributed by atoms with Gasteiger partial charge in [0.05, 0.1) is 11.5 Å². The van der Waals surface area contributed by atoms with Gasteiger partial charge in [-0.25, -0.2) is 4.39 Å². The van der Waals surface area contributed by atoms with E-state index in [-0.39, 0.29) is 58.0 Å². The van der Waals surface area contributed by atoms with E-state index < -0.39 is 11.2 Å². The summed E-state index contributed by atoms with van der Waals surface area (Å²) in [5.41, 5.74) is 2.84. The Hall–Kier alpha value is -2.68. The predicted molar refractivity (Wildman–Crippen MR) is 216 cm³/mol. The minimum absolute atomic E-state index is 0.0394. The number of rotatable bonds is 9. The molecule has 5 fully saturated rings. The molecule has 0 saturated heterocycles. The molecule has 0 spiro atoms. The number of allylic oxidation sites excluding steroid dienone is 1. The number of halogens is 1. The van der Waals surface area contributed by atoms with Gasteiger partial charge in [-0.15, -0.1) is 0 Å². The zero-order valence-electron chi connectivity index (χ0n) is 33.5. The zero-order chi connectivity index (χ0) is 38.8. The lowest BCUT2D eigenvalue weighted by Crippen LogP contribution is -2.67. The van der Waals surface area contributed by atoms with E-state index in [1.165, 1.54) is 42.5 Å². The van der Waals surface area contributed by atoms with Crippen LogP contribution in [-0.4, -0.2) is 29.6 Å². The van der Waals surface area contributed by atoms with Crippen LogP contribution in [0.3, 0.4) is 0 Å². The zero-order valence-corrected chi connectivity index (χ0v) is 34.3. The topological polar surface area (TPSA) is 104 Å². The van der Waals surface area contributed by atoms with Gasteiger partial charge in [0.2, 0.25) is 5.91 Å². The van der Waals surface area contributed by atoms with Crippen LogP contribution in [0.25, 0.3) is 0 Å². The molecule has 2 amide bonds. The first-order valence-electron chi connectivity index (χ1n) is 20.7. The van der Waals surface area contributed by atoms with Gasteiger partial charge in [0, 0.05) is 29.1 Å². The maximum absolute atomic E-state index is 15.3. The molecule has 0 aliphatic heterocycles. The van der Waals surface area contributed by atoms with Crippen LogP contribution in [0.15, 0.2) is 59.5 Å². The monoisotopic (exact) mass is 757 g/mol. The molecule has 54 heavy (non-hydrogen) atoms. The highest BCUT2D eigenvalue weighted by atomic mass is 32.2. The maximum Gasteiger partial charge on any atom is 0.251 e. The third-order valence-electron chi connectivity index (χ3n) is 17.0. The van der Waals surface area contributed by atoms with Crippen LogP contribution in [0, 0.1) is 62.5 Å². The number of hydrogen-bond acceptors (Lipinski definition) is 5. The number of benzene rings is 2. The van der Waals surface area contributed by atoms with Crippen molar-refractivity contribution in [3.8, 4) is 0 Å². The number of fused-ring (bicyclic) bond motifs is 7. The van der Waals surface area contributed by atoms with Crippen LogP contribution in [0.4, 0.5) is 4.39 Å². The molecule has 0 radical (unpaired) electrons. The molecule has 5 aliphatic carbocycles. The van der Waals surface area contributed by atoms with E-state index in [4.69, 9.17) is 5.14 Å². The molecule has 7 rings (SSSR count). The molecule has 0 bridgehead atoms. The Labute approximate surface area is 327 Å². The molecule has 0 heterocycles. The summed E-state index contributed by atoms with van der Waals surface area (Å²) >= 11 is 1.20. The number of nitrogens with one attached hydrogen (secondary N) is 2. The molecule has 6 nitrogen and oxygen atoms in total. The Kier molecular flexibility index (Phi) is 10.5. The van der Waals surface area contributed by atoms with Gasteiger partial charge in [-0.3, -0.25) is 14.7 Å². The second-order valence-electron chi connectivity index (χ2n) is 19.5. The molecular formula is C46H64FN3O3S. The van der Waals surface area contributed by atoms with Gasteiger partial charge in [0.1, 0.15) is 5.82 Å². The number of carbonyl (C=O) groups is 2. The van der Waals surface area contributed by atoms with Gasteiger partial charge in [0.25, 0.3) is 5.91 Å². The highest BCUT2D eigenvalue weighted by Crippen LogP contribution is 2.77. The van der Waals surface area contributed by atoms with Crippen molar-refractivity contribution in [2.45, 2.75) is 130 Å². The molecule has 10 unspecified atom stereocenters. The Bertz CT molecular complexity index is 1780. The van der Waals surface area contributed by atoms with E-state index in [1.54, 1.807) is 6.07 Å². The van der Waals surface area contributed by atoms with Crippen LogP contribution in [0.2, 0.25) is 0 Å². The van der Waals surface area contributed by atoms with Crippen LogP contribution in [-0.2, 0) is 17.8 Å². The summed E-state index contributed by atoms with van der Waals surface area (Å²) in [6.45, 7) is 19.5. The molecule has 8 heteroatoms. The Morgan fingerprint density at radius 2 is 1.63 bits per heavy atom. The fourth-order valence-electron chi connectivity index (χ4n) is 13.9. The van der Waals surface area contributed by atoms with Crippen LogP contribution < -0.4 is 15.8 Å². The van der Waals surface area contributed by atoms with Crippen molar-refractivity contribution in [1.29, 1.82) is 0 Å². The lowest BCUT2D eigenvalue weighted by Gasteiger charge is -2.72. The quantitative estimate of drug-likeness (QED) is 0.151. The van der Waals surface area contributed by atoms with E-state index in [0.717, 1.165) is 61.8 Å². The number of amides is 2. The Balaban J connectivity index is 1.08. The van der Waals surface area contributed by atoms with Crippen molar-refractivity contribution >= 4 is 23.8 Å². The third kappa shape index (κ3) is 6.20. The van der Waals surface area contributed by atoms with E-state index in [2.05, 4.69) is 58.8 Å². The molecule has 0 aromatic heterocycles. The predicted octanol–water partition coefficient (Wildman–Crippen LogP) is 9.40. The van der Waals surface area contributed by atoms with Gasteiger partial charge >= 0.3 is 0 Å². The third-order valence-corrected chi connectivity index (χ3v) is 17.5. The number of carbonyl (C=O) groups excluding carboxylic acids is 2. The first kappa shape index (κ1) is 39.6. The molecule has 5 N–H and O–H groups in total. The van der Waals surface area contributed by atoms with Gasteiger partial charge in [0.15, 0.2) is 0 Å². The van der Waals surface area contributed by atoms with Crippen molar-refractivity contribution in [1.82, 2.24) is 10.6 Å². The largest absolute Gasteiger partial charge is 0.393 e. The molecule has 2 aromatic rings. The van der Waals surface area contributed by atoms with Crippen molar-refractivity contribution in [2.75, 3.05) is 6.54 Å². The summed E-state index contributed by atoms with van der Waals surface area (Å²) in [5, 5.41) is 22.9. The van der Waals surface area contributed by atoms with Crippen molar-refractivity contribution in [3.63, 3.8) is 0 Å². The molecule has 10 atom stereocenters. The van der Waals surface area contributed by atoms with E-state index in [0.29, 0.717) is 41.8 Å². The van der Waals surface area contributed by atoms with E-state index in [1.807, 2.05) is 24.3 Å². The molecule has 5 aliphatic rings. The lowest BCUT2D eigenvalue weighted by atomic mass is 9.32. The lowest BCUT2D eigenvalue weighted by molar-refractivity contribution is -0.246. The summed E-state index contributed by atoms with van der Waals surface area (Å²) in [4.78, 5) is 28.8. The summed E-state index contributed by atoms with van der Waals surface area (Å²) in [6.07, 6.45) is 10.7. The highest BCUT2D eigenvalue weighted by Gasteiger charge is 2.71. The number of aliphatic hydroxyl groups excluding tert-OH is 1. The van der Waals surface area contributed by atoms with Crippen LogP contribution in [0.5, 0.6) is 0 Å². The molecular weight excluding hydrogens is 694 g/mol. The summed E-state index contributed by atoms with van der Waals surface area (Å²) in [6, 6.07) is 12.3. The van der Waals surface area contributed by atoms with E-state index >= 15 is 4.39 Å². The maximum atomic E-state index is 15.3. The second-order valence-corrected chi connectivity index (χ2v) is 20.2. The summed E-state index contributed by atoms with van der Waals surface area (Å²) in [7, 11) is 0. The average Bonchev–Trinajstić information content (AvgIpc) is 3.55. The number of aliphatic hydroxyl groups is 1.